The van der Waals surface area contributed by atoms with Crippen LogP contribution in [0.25, 0.3) is 10.9 Å². The van der Waals surface area contributed by atoms with E-state index in [-0.39, 0.29) is 0 Å². The van der Waals surface area contributed by atoms with Crippen LogP contribution in [0.5, 0.6) is 0 Å². The number of rotatable bonds is 2. The van der Waals surface area contributed by atoms with Gasteiger partial charge in [-0.2, -0.15) is 0 Å². The maximum atomic E-state index is 10.2. The number of aromatic nitrogens is 2. The third kappa shape index (κ3) is 2.00. The lowest BCUT2D eigenvalue weighted by Crippen LogP contribution is -2.12. The topological polar surface area (TPSA) is 78.2 Å². The number of benzene rings is 1. The van der Waals surface area contributed by atoms with Gasteiger partial charge < -0.3 is 10.7 Å². The molecule has 3 aromatic rings. The number of nitrogens with one attached hydrogen (secondary N) is 1. The van der Waals surface area contributed by atoms with Crippen molar-refractivity contribution in [2.45, 2.75) is 6.92 Å². The normalized spacial score (nSPS) is 10.8. The lowest BCUT2D eigenvalue weighted by atomic mass is 10.2. The maximum absolute atomic E-state index is 10.2. The SMILES string of the molecule is Cc1cc2cc(N(O)c3cnccc3N)ccc2[nH]1. The molecule has 5 nitrogen and oxygen atoms in total. The Kier molecular flexibility index (Phi) is 2.61. The van der Waals surface area contributed by atoms with Crippen LogP contribution < -0.4 is 10.8 Å². The fourth-order valence-corrected chi connectivity index (χ4v) is 2.11. The lowest BCUT2D eigenvalue weighted by molar-refractivity contribution is 0.301. The highest BCUT2D eigenvalue weighted by Gasteiger charge is 2.10. The third-order valence-electron chi connectivity index (χ3n) is 3.04. The molecule has 0 unspecified atom stereocenters. The molecule has 1 aromatic carbocycles. The average Bonchev–Trinajstić information content (AvgIpc) is 2.77. The van der Waals surface area contributed by atoms with Gasteiger partial charge in [0, 0.05) is 22.8 Å². The molecule has 0 amide bonds. The molecule has 96 valence electrons. The summed E-state index contributed by atoms with van der Waals surface area (Å²) in [6.45, 7) is 2.00. The van der Waals surface area contributed by atoms with Crippen LogP contribution in [-0.4, -0.2) is 15.2 Å². The zero-order valence-corrected chi connectivity index (χ0v) is 10.5. The first-order chi connectivity index (χ1) is 9.15. The van der Waals surface area contributed by atoms with Crippen LogP contribution in [0.2, 0.25) is 0 Å². The first-order valence-corrected chi connectivity index (χ1v) is 5.93. The molecule has 2 heterocycles. The van der Waals surface area contributed by atoms with E-state index in [1.165, 1.54) is 6.20 Å². The van der Waals surface area contributed by atoms with E-state index in [2.05, 4.69) is 9.97 Å². The van der Waals surface area contributed by atoms with Gasteiger partial charge in [-0.3, -0.25) is 10.2 Å². The van der Waals surface area contributed by atoms with Gasteiger partial charge in [0.25, 0.3) is 0 Å². The number of nitrogen functional groups attached to an aromatic ring is 1. The Hall–Kier alpha value is -2.53. The highest BCUT2D eigenvalue weighted by Crippen LogP contribution is 2.29. The second-order valence-corrected chi connectivity index (χ2v) is 4.47. The van der Waals surface area contributed by atoms with Crippen LogP contribution in [0.1, 0.15) is 5.69 Å². The summed E-state index contributed by atoms with van der Waals surface area (Å²) in [5.74, 6) is 0. The van der Waals surface area contributed by atoms with Crippen molar-refractivity contribution in [2.24, 2.45) is 0 Å². The van der Waals surface area contributed by atoms with Crippen molar-refractivity contribution in [1.29, 1.82) is 0 Å². The fourth-order valence-electron chi connectivity index (χ4n) is 2.11. The summed E-state index contributed by atoms with van der Waals surface area (Å²) in [5, 5.41) is 12.3. The van der Waals surface area contributed by atoms with E-state index in [1.54, 1.807) is 12.3 Å². The smallest absolute Gasteiger partial charge is 0.110 e. The van der Waals surface area contributed by atoms with Crippen molar-refractivity contribution >= 4 is 28.0 Å². The molecule has 0 bridgehead atoms. The highest BCUT2D eigenvalue weighted by atomic mass is 16.5. The lowest BCUT2D eigenvalue weighted by Gasteiger charge is -2.18. The molecule has 5 heteroatoms. The zero-order chi connectivity index (χ0) is 13.4. The Labute approximate surface area is 110 Å². The molecule has 2 aromatic heterocycles. The van der Waals surface area contributed by atoms with E-state index in [9.17, 15) is 5.21 Å². The molecule has 4 N–H and O–H groups in total. The molecule has 0 radical (unpaired) electrons. The maximum Gasteiger partial charge on any atom is 0.110 e. The Balaban J connectivity index is 2.06. The van der Waals surface area contributed by atoms with Gasteiger partial charge >= 0.3 is 0 Å². The van der Waals surface area contributed by atoms with Gasteiger partial charge in [0.05, 0.1) is 17.6 Å². The van der Waals surface area contributed by atoms with Gasteiger partial charge in [-0.1, -0.05) is 0 Å². The van der Waals surface area contributed by atoms with Crippen molar-refractivity contribution in [3.05, 3.63) is 48.4 Å². The number of anilines is 3. The van der Waals surface area contributed by atoms with Crippen LogP contribution in [0.4, 0.5) is 17.1 Å². The minimum Gasteiger partial charge on any atom is -0.397 e. The molecule has 0 aliphatic rings. The molecule has 0 aliphatic carbocycles. The predicted octanol–water partition coefficient (Wildman–Crippen LogP) is 2.98. The van der Waals surface area contributed by atoms with Crippen LogP contribution in [0, 0.1) is 6.92 Å². The van der Waals surface area contributed by atoms with Crippen LogP contribution >= 0.6 is 0 Å². The van der Waals surface area contributed by atoms with Gasteiger partial charge in [-0.25, -0.2) is 5.06 Å². The minimum absolute atomic E-state index is 0.467. The number of nitrogens with two attached hydrogens (primary N) is 1. The van der Waals surface area contributed by atoms with Gasteiger partial charge in [0.15, 0.2) is 0 Å². The van der Waals surface area contributed by atoms with E-state index in [0.717, 1.165) is 21.7 Å². The number of H-pyrrole nitrogens is 1. The standard InChI is InChI=1S/C14H14N4O/c1-9-6-10-7-11(2-3-13(10)17-9)18(19)14-8-16-5-4-12(14)15/h2-8,17,19H,1H3,(H2,15,16). The molecule has 0 fully saturated rings. The minimum atomic E-state index is 0.467. The van der Waals surface area contributed by atoms with Gasteiger partial charge in [0.2, 0.25) is 0 Å². The van der Waals surface area contributed by atoms with E-state index in [0.29, 0.717) is 17.1 Å². The van der Waals surface area contributed by atoms with Crippen molar-refractivity contribution in [3.63, 3.8) is 0 Å². The third-order valence-corrected chi connectivity index (χ3v) is 3.04. The Morgan fingerprint density at radius 3 is 2.89 bits per heavy atom. The number of nitrogens with zero attached hydrogens (tertiary/aromatic N) is 2. The predicted molar refractivity (Wildman–Crippen MR) is 75.6 cm³/mol. The first-order valence-electron chi connectivity index (χ1n) is 5.93. The summed E-state index contributed by atoms with van der Waals surface area (Å²) < 4.78 is 0. The summed E-state index contributed by atoms with van der Waals surface area (Å²) in [6.07, 6.45) is 3.12. The Bertz CT molecular complexity index is 735. The molecule has 19 heavy (non-hydrogen) atoms. The average molecular weight is 254 g/mol. The number of pyridine rings is 1. The first kappa shape index (κ1) is 11.6. The fraction of sp³-hybridized carbons (Fsp3) is 0.0714. The van der Waals surface area contributed by atoms with Crippen LogP contribution in [0.3, 0.4) is 0 Å². The monoisotopic (exact) mass is 254 g/mol. The van der Waals surface area contributed by atoms with Crippen LogP contribution in [0.15, 0.2) is 42.7 Å². The van der Waals surface area contributed by atoms with E-state index in [4.69, 9.17) is 5.73 Å². The zero-order valence-electron chi connectivity index (χ0n) is 10.5. The van der Waals surface area contributed by atoms with Crippen molar-refractivity contribution in [2.75, 3.05) is 10.8 Å². The quantitative estimate of drug-likeness (QED) is 0.614. The second-order valence-electron chi connectivity index (χ2n) is 4.47. The number of aromatic amines is 1. The molecule has 3 rings (SSSR count). The molecular formula is C14H14N4O. The van der Waals surface area contributed by atoms with Crippen molar-refractivity contribution in [1.82, 2.24) is 9.97 Å². The van der Waals surface area contributed by atoms with Crippen LogP contribution in [-0.2, 0) is 0 Å². The van der Waals surface area contributed by atoms with E-state index in [1.807, 2.05) is 31.2 Å². The molecule has 0 saturated heterocycles. The molecule has 0 aliphatic heterocycles. The number of aryl methyl sites for hydroxylation is 1. The van der Waals surface area contributed by atoms with E-state index < -0.39 is 0 Å². The largest absolute Gasteiger partial charge is 0.397 e. The molecule has 0 atom stereocenters. The molecule has 0 spiro atoms. The summed E-state index contributed by atoms with van der Waals surface area (Å²) >= 11 is 0. The van der Waals surface area contributed by atoms with Crippen molar-refractivity contribution < 1.29 is 5.21 Å². The van der Waals surface area contributed by atoms with Gasteiger partial charge in [-0.15, -0.1) is 0 Å². The highest BCUT2D eigenvalue weighted by molar-refractivity contribution is 5.85. The van der Waals surface area contributed by atoms with Crippen molar-refractivity contribution in [3.8, 4) is 0 Å². The second kappa shape index (κ2) is 4.29. The number of fused-ring (bicyclic) bond motifs is 1. The van der Waals surface area contributed by atoms with Gasteiger partial charge in [-0.05, 0) is 37.3 Å². The summed E-state index contributed by atoms with van der Waals surface area (Å²) in [5.41, 5.74) is 9.53. The van der Waals surface area contributed by atoms with Gasteiger partial charge in [0.1, 0.15) is 5.69 Å². The number of hydrogen-bond acceptors (Lipinski definition) is 4. The van der Waals surface area contributed by atoms with E-state index >= 15 is 0 Å². The summed E-state index contributed by atoms with van der Waals surface area (Å²) in [4.78, 5) is 7.21. The Morgan fingerprint density at radius 2 is 2.11 bits per heavy atom. The summed E-state index contributed by atoms with van der Waals surface area (Å²) in [7, 11) is 0. The summed E-state index contributed by atoms with van der Waals surface area (Å²) in [6, 6.07) is 9.32. The number of hydrogen-bond donors (Lipinski definition) is 3. The molecule has 0 saturated carbocycles. The Morgan fingerprint density at radius 1 is 1.26 bits per heavy atom. The molecular weight excluding hydrogens is 240 g/mol.